The molecule has 1 saturated heterocycles. The van der Waals surface area contributed by atoms with Crippen molar-refractivity contribution in [3.8, 4) is 0 Å². The molecule has 2 aromatic heterocycles. The summed E-state index contributed by atoms with van der Waals surface area (Å²) in [6.07, 6.45) is 7.78. The number of hydrogen-bond donors (Lipinski definition) is 1. The molecule has 1 aliphatic heterocycles. The molecule has 100 valence electrons. The van der Waals surface area contributed by atoms with E-state index >= 15 is 0 Å². The van der Waals surface area contributed by atoms with E-state index in [1.54, 1.807) is 6.20 Å². The molecule has 1 N–H and O–H groups in total. The highest BCUT2D eigenvalue weighted by Gasteiger charge is 2.30. The van der Waals surface area contributed by atoms with Crippen LogP contribution in [0.5, 0.6) is 0 Å². The van der Waals surface area contributed by atoms with Gasteiger partial charge in [-0.25, -0.2) is 0 Å². The fourth-order valence-electron chi connectivity index (χ4n) is 2.69. The summed E-state index contributed by atoms with van der Waals surface area (Å²) in [4.78, 5) is 17.3. The molecule has 0 saturated carbocycles. The molecule has 5 nitrogen and oxygen atoms in total. The lowest BCUT2D eigenvalue weighted by atomic mass is 10.2. The first-order valence-corrected chi connectivity index (χ1v) is 6.67. The molecule has 0 aliphatic carbocycles. The van der Waals surface area contributed by atoms with E-state index in [0.29, 0.717) is 5.69 Å². The van der Waals surface area contributed by atoms with E-state index in [-0.39, 0.29) is 11.9 Å². The van der Waals surface area contributed by atoms with E-state index in [1.807, 2.05) is 41.0 Å². The van der Waals surface area contributed by atoms with Crippen LogP contribution in [-0.4, -0.2) is 38.2 Å². The van der Waals surface area contributed by atoms with Gasteiger partial charge in [0.1, 0.15) is 5.69 Å². The Morgan fingerprint density at radius 1 is 1.58 bits per heavy atom. The Labute approximate surface area is 112 Å². The third kappa shape index (κ3) is 2.41. The van der Waals surface area contributed by atoms with Crippen LogP contribution in [-0.2, 0) is 6.54 Å². The molecule has 0 aromatic carbocycles. The van der Waals surface area contributed by atoms with E-state index in [4.69, 9.17) is 0 Å². The first-order chi connectivity index (χ1) is 9.24. The minimum absolute atomic E-state index is 0.0939. The van der Waals surface area contributed by atoms with Gasteiger partial charge < -0.3 is 9.88 Å². The van der Waals surface area contributed by atoms with E-state index < -0.39 is 0 Å². The molecule has 3 heterocycles. The summed E-state index contributed by atoms with van der Waals surface area (Å²) in [5, 5.41) is 4.31. The predicted octanol–water partition coefficient (Wildman–Crippen LogP) is 1.82. The lowest BCUT2D eigenvalue weighted by Gasteiger charge is -2.24. The normalized spacial score (nSPS) is 19.0. The zero-order valence-electron chi connectivity index (χ0n) is 11.0. The molecule has 1 atom stereocenters. The fourth-order valence-corrected chi connectivity index (χ4v) is 2.69. The standard InChI is InChI=1S/C14H18N4O/c1-11-8-16-17(9-11)10-12-4-3-7-18(12)14(19)13-5-2-6-15-13/h2,5-6,8-9,12,15H,3-4,7,10H2,1H3/t12-/m0/s1. The highest BCUT2D eigenvalue weighted by atomic mass is 16.2. The van der Waals surface area contributed by atoms with Gasteiger partial charge in [-0.15, -0.1) is 0 Å². The van der Waals surface area contributed by atoms with Gasteiger partial charge in [0.25, 0.3) is 5.91 Å². The van der Waals surface area contributed by atoms with Gasteiger partial charge in [-0.3, -0.25) is 9.48 Å². The summed E-state index contributed by atoms with van der Waals surface area (Å²) in [5.74, 6) is 0.0939. The van der Waals surface area contributed by atoms with Crippen LogP contribution in [0.1, 0.15) is 28.9 Å². The number of aryl methyl sites for hydroxylation is 1. The Morgan fingerprint density at radius 2 is 2.47 bits per heavy atom. The number of amides is 1. The number of hydrogen-bond acceptors (Lipinski definition) is 2. The monoisotopic (exact) mass is 258 g/mol. The molecule has 0 radical (unpaired) electrons. The highest BCUT2D eigenvalue weighted by Crippen LogP contribution is 2.21. The molecule has 5 heteroatoms. The second kappa shape index (κ2) is 4.91. The van der Waals surface area contributed by atoms with E-state index in [1.165, 1.54) is 0 Å². The lowest BCUT2D eigenvalue weighted by Crippen LogP contribution is -2.38. The fraction of sp³-hybridized carbons (Fsp3) is 0.429. The quantitative estimate of drug-likeness (QED) is 0.913. The minimum Gasteiger partial charge on any atom is -0.357 e. The van der Waals surface area contributed by atoms with Crippen LogP contribution in [0.3, 0.4) is 0 Å². The molecular formula is C14H18N4O. The lowest BCUT2D eigenvalue weighted by molar-refractivity contribution is 0.0716. The molecular weight excluding hydrogens is 240 g/mol. The van der Waals surface area contributed by atoms with Crippen LogP contribution >= 0.6 is 0 Å². The number of nitrogens with zero attached hydrogens (tertiary/aromatic N) is 3. The Kier molecular flexibility index (Phi) is 3.11. The van der Waals surface area contributed by atoms with Gasteiger partial charge in [0.2, 0.25) is 0 Å². The van der Waals surface area contributed by atoms with Crippen molar-refractivity contribution in [3.63, 3.8) is 0 Å². The zero-order chi connectivity index (χ0) is 13.2. The first-order valence-electron chi connectivity index (χ1n) is 6.67. The van der Waals surface area contributed by atoms with Gasteiger partial charge in [-0.05, 0) is 37.5 Å². The van der Waals surface area contributed by atoms with Crippen LogP contribution in [0.2, 0.25) is 0 Å². The van der Waals surface area contributed by atoms with Crippen LogP contribution in [0.25, 0.3) is 0 Å². The number of aromatic amines is 1. The van der Waals surface area contributed by atoms with Crippen molar-refractivity contribution < 1.29 is 4.79 Å². The van der Waals surface area contributed by atoms with Crippen molar-refractivity contribution in [3.05, 3.63) is 42.0 Å². The molecule has 1 amide bonds. The molecule has 19 heavy (non-hydrogen) atoms. The second-order valence-electron chi connectivity index (χ2n) is 5.12. The number of carbonyl (C=O) groups excluding carboxylic acids is 1. The molecule has 0 bridgehead atoms. The van der Waals surface area contributed by atoms with Crippen molar-refractivity contribution in [2.45, 2.75) is 32.4 Å². The van der Waals surface area contributed by atoms with E-state index in [9.17, 15) is 4.79 Å². The van der Waals surface area contributed by atoms with E-state index in [2.05, 4.69) is 10.1 Å². The van der Waals surface area contributed by atoms with Gasteiger partial charge in [0.15, 0.2) is 0 Å². The van der Waals surface area contributed by atoms with Crippen LogP contribution in [0.4, 0.5) is 0 Å². The van der Waals surface area contributed by atoms with Crippen LogP contribution in [0.15, 0.2) is 30.7 Å². The van der Waals surface area contributed by atoms with Crippen molar-refractivity contribution in [1.29, 1.82) is 0 Å². The van der Waals surface area contributed by atoms with Crippen molar-refractivity contribution in [2.24, 2.45) is 0 Å². The Bertz CT molecular complexity index is 558. The molecule has 0 unspecified atom stereocenters. The molecule has 2 aromatic rings. The van der Waals surface area contributed by atoms with Crippen LogP contribution in [0, 0.1) is 6.92 Å². The number of carbonyl (C=O) groups is 1. The number of likely N-dealkylation sites (tertiary alicyclic amines) is 1. The predicted molar refractivity (Wildman–Crippen MR) is 71.8 cm³/mol. The van der Waals surface area contributed by atoms with Gasteiger partial charge in [-0.1, -0.05) is 0 Å². The van der Waals surface area contributed by atoms with Crippen molar-refractivity contribution in [2.75, 3.05) is 6.54 Å². The van der Waals surface area contributed by atoms with Gasteiger partial charge in [-0.2, -0.15) is 5.10 Å². The second-order valence-corrected chi connectivity index (χ2v) is 5.12. The third-order valence-electron chi connectivity index (χ3n) is 3.63. The highest BCUT2D eigenvalue weighted by molar-refractivity contribution is 5.92. The van der Waals surface area contributed by atoms with Gasteiger partial charge in [0.05, 0.1) is 18.8 Å². The topological polar surface area (TPSA) is 53.9 Å². The minimum atomic E-state index is 0.0939. The third-order valence-corrected chi connectivity index (χ3v) is 3.63. The zero-order valence-corrected chi connectivity index (χ0v) is 11.0. The summed E-state index contributed by atoms with van der Waals surface area (Å²) in [7, 11) is 0. The number of nitrogens with one attached hydrogen (secondary N) is 1. The summed E-state index contributed by atoms with van der Waals surface area (Å²) < 4.78 is 1.93. The van der Waals surface area contributed by atoms with Crippen LogP contribution < -0.4 is 0 Å². The molecule has 1 fully saturated rings. The SMILES string of the molecule is Cc1cnn(C[C@@H]2CCCN2C(=O)c2ccc[nH]2)c1. The summed E-state index contributed by atoms with van der Waals surface area (Å²) in [6, 6.07) is 3.93. The van der Waals surface area contributed by atoms with Crippen molar-refractivity contribution >= 4 is 5.91 Å². The Balaban J connectivity index is 1.73. The summed E-state index contributed by atoms with van der Waals surface area (Å²) >= 11 is 0. The average Bonchev–Trinajstić information content (AvgIpc) is 3.10. The number of aromatic nitrogens is 3. The Hall–Kier alpha value is -2.04. The maximum atomic E-state index is 12.4. The number of rotatable bonds is 3. The smallest absolute Gasteiger partial charge is 0.270 e. The molecule has 3 rings (SSSR count). The number of H-pyrrole nitrogens is 1. The maximum absolute atomic E-state index is 12.4. The van der Waals surface area contributed by atoms with Gasteiger partial charge >= 0.3 is 0 Å². The largest absolute Gasteiger partial charge is 0.357 e. The first kappa shape index (κ1) is 12.0. The summed E-state index contributed by atoms with van der Waals surface area (Å²) in [6.45, 7) is 3.64. The molecule has 1 aliphatic rings. The maximum Gasteiger partial charge on any atom is 0.270 e. The summed E-state index contributed by atoms with van der Waals surface area (Å²) in [5.41, 5.74) is 1.82. The molecule has 0 spiro atoms. The van der Waals surface area contributed by atoms with Gasteiger partial charge in [0, 0.05) is 18.9 Å². The van der Waals surface area contributed by atoms with E-state index in [0.717, 1.165) is 31.5 Å². The average molecular weight is 258 g/mol. The van der Waals surface area contributed by atoms with Crippen molar-refractivity contribution in [1.82, 2.24) is 19.7 Å². The Morgan fingerprint density at radius 3 is 3.16 bits per heavy atom.